The van der Waals surface area contributed by atoms with E-state index in [2.05, 4.69) is 71.7 Å². The van der Waals surface area contributed by atoms with Crippen molar-refractivity contribution < 1.29 is 9.59 Å². The molecule has 0 saturated heterocycles. The zero-order chi connectivity index (χ0) is 33.6. The molecule has 0 unspecified atom stereocenters. The Balaban J connectivity index is 1.57. The van der Waals surface area contributed by atoms with Gasteiger partial charge >= 0.3 is 0 Å². The summed E-state index contributed by atoms with van der Waals surface area (Å²) in [5, 5.41) is 13.6. The molecule has 0 spiro atoms. The maximum absolute atomic E-state index is 13.7. The summed E-state index contributed by atoms with van der Waals surface area (Å²) in [4.78, 5) is 27.1. The van der Waals surface area contributed by atoms with Gasteiger partial charge in [0.25, 0.3) is 0 Å². The van der Waals surface area contributed by atoms with E-state index in [0.29, 0.717) is 24.0 Å². The van der Waals surface area contributed by atoms with Gasteiger partial charge in [0, 0.05) is 30.1 Å². The van der Waals surface area contributed by atoms with E-state index in [1.165, 1.54) is 36.8 Å². The largest absolute Gasteiger partial charge is 0.370 e. The summed E-state index contributed by atoms with van der Waals surface area (Å²) in [7, 11) is 0. The van der Waals surface area contributed by atoms with Crippen LogP contribution in [0.5, 0.6) is 0 Å². The monoisotopic (exact) mass is 648 g/mol. The lowest BCUT2D eigenvalue weighted by Crippen LogP contribution is -2.57. The lowest BCUT2D eigenvalue weighted by atomic mass is 9.95. The number of carbonyl (C=O) groups excluding carboxylic acids is 2. The summed E-state index contributed by atoms with van der Waals surface area (Å²) in [6, 6.07) is 15.5. The number of hydrogen-bond donors (Lipinski definition) is 4. The molecule has 2 amide bonds. The highest BCUT2D eigenvalue weighted by molar-refractivity contribution is 6.30. The number of allylic oxidation sites excluding steroid dienone is 1. The molecular weight excluding hydrogens is 592 g/mol. The molecule has 3 rings (SSSR count). The van der Waals surface area contributed by atoms with Crippen LogP contribution >= 0.6 is 11.6 Å². The first-order valence-electron chi connectivity index (χ1n) is 17.3. The average Bonchev–Trinajstić information content (AvgIpc) is 3.81. The Kier molecular flexibility index (Phi) is 15.4. The molecule has 7 heteroatoms. The van der Waals surface area contributed by atoms with Crippen LogP contribution in [-0.4, -0.2) is 43.0 Å². The van der Waals surface area contributed by atoms with E-state index in [-0.39, 0.29) is 29.7 Å². The van der Waals surface area contributed by atoms with Crippen molar-refractivity contribution in [2.75, 3.05) is 13.1 Å². The number of unbranched alkanes of at least 4 members (excludes halogenated alkanes) is 1. The second-order valence-electron chi connectivity index (χ2n) is 13.7. The Morgan fingerprint density at radius 1 is 0.978 bits per heavy atom. The van der Waals surface area contributed by atoms with E-state index in [1.54, 1.807) is 0 Å². The van der Waals surface area contributed by atoms with Crippen LogP contribution in [0.2, 0.25) is 5.02 Å². The number of benzene rings is 2. The summed E-state index contributed by atoms with van der Waals surface area (Å²) in [6.07, 6.45) is 7.72. The SMILES string of the molecule is C=C=C(N[C@@H](C(=O)N[C@@H](CNC(C)C)C(=O)NCCCc1ccccc1[C@@H]1C[C@@H]1CCCC)C(C)C)[C@H](C)Cc1ccc(Cl)cc1. The lowest BCUT2D eigenvalue weighted by Gasteiger charge is -2.28. The first-order chi connectivity index (χ1) is 22.0. The molecule has 2 aromatic carbocycles. The highest BCUT2D eigenvalue weighted by Crippen LogP contribution is 2.51. The Bertz CT molecular complexity index is 1300. The smallest absolute Gasteiger partial charge is 0.243 e. The Morgan fingerprint density at radius 3 is 2.35 bits per heavy atom. The fraction of sp³-hybridized carbons (Fsp3) is 0.564. The molecule has 1 aliphatic rings. The van der Waals surface area contributed by atoms with Gasteiger partial charge in [-0.1, -0.05) is 109 Å². The minimum absolute atomic E-state index is 0.0269. The number of carbonyl (C=O) groups is 2. The van der Waals surface area contributed by atoms with E-state index >= 15 is 0 Å². The van der Waals surface area contributed by atoms with E-state index in [9.17, 15) is 9.59 Å². The molecule has 46 heavy (non-hydrogen) atoms. The van der Waals surface area contributed by atoms with Gasteiger partial charge in [0.1, 0.15) is 12.1 Å². The number of hydrogen-bond acceptors (Lipinski definition) is 4. The molecule has 0 aliphatic heterocycles. The van der Waals surface area contributed by atoms with Gasteiger partial charge in [-0.15, -0.1) is 5.73 Å². The maximum Gasteiger partial charge on any atom is 0.243 e. The van der Waals surface area contributed by atoms with Gasteiger partial charge in [-0.2, -0.15) is 0 Å². The van der Waals surface area contributed by atoms with Crippen LogP contribution in [0.25, 0.3) is 0 Å². The highest BCUT2D eigenvalue weighted by atomic mass is 35.5. The van der Waals surface area contributed by atoms with Crippen molar-refractivity contribution in [1.29, 1.82) is 0 Å². The maximum atomic E-state index is 13.7. The van der Waals surface area contributed by atoms with Crippen LogP contribution in [0.4, 0.5) is 0 Å². The van der Waals surface area contributed by atoms with Gasteiger partial charge in [-0.05, 0) is 78.7 Å². The normalized spacial score (nSPS) is 17.6. The molecule has 0 aromatic heterocycles. The zero-order valence-electron chi connectivity index (χ0n) is 28.9. The van der Waals surface area contributed by atoms with Crippen LogP contribution in [0.15, 0.2) is 66.5 Å². The number of amides is 2. The number of aryl methyl sites for hydroxylation is 1. The zero-order valence-corrected chi connectivity index (χ0v) is 29.7. The summed E-state index contributed by atoms with van der Waals surface area (Å²) in [6.45, 7) is 17.2. The Hall–Kier alpha value is -3.05. The standard InChI is InChI=1S/C39H57ClN4O2/c1-8-10-14-31-24-34(31)33-17-12-11-15-30(33)16-13-22-41-38(45)36(25-42-27(5)6)44-39(46)37(26(3)4)43-35(9-2)28(7)23-29-18-20-32(40)21-19-29/h11-12,15,17-21,26-28,31,34,36-37,42-43H,2,8,10,13-14,16,22-25H2,1,3-7H3,(H,41,45)(H,44,46)/t28-,31+,34-,36+,37-/m1/s1. The molecule has 2 aromatic rings. The quantitative estimate of drug-likeness (QED) is 0.0895. The number of halogens is 1. The third-order valence-electron chi connectivity index (χ3n) is 8.99. The third-order valence-corrected chi connectivity index (χ3v) is 9.24. The molecular formula is C39H57ClN4O2. The summed E-state index contributed by atoms with van der Waals surface area (Å²) in [5.41, 5.74) is 7.82. The Morgan fingerprint density at radius 2 is 1.70 bits per heavy atom. The molecule has 0 bridgehead atoms. The number of nitrogens with one attached hydrogen (secondary N) is 4. The minimum atomic E-state index is -0.696. The van der Waals surface area contributed by atoms with Crippen molar-refractivity contribution in [3.63, 3.8) is 0 Å². The van der Waals surface area contributed by atoms with Gasteiger partial charge < -0.3 is 21.3 Å². The first-order valence-corrected chi connectivity index (χ1v) is 17.7. The van der Waals surface area contributed by atoms with Crippen molar-refractivity contribution in [2.24, 2.45) is 17.8 Å². The van der Waals surface area contributed by atoms with Crippen LogP contribution in [0, 0.1) is 17.8 Å². The highest BCUT2D eigenvalue weighted by Gasteiger charge is 2.38. The molecule has 1 saturated carbocycles. The van der Waals surface area contributed by atoms with Gasteiger partial charge in [0.15, 0.2) is 0 Å². The van der Waals surface area contributed by atoms with Crippen molar-refractivity contribution in [3.8, 4) is 0 Å². The predicted molar refractivity (Wildman–Crippen MR) is 192 cm³/mol. The predicted octanol–water partition coefficient (Wildman–Crippen LogP) is 7.33. The van der Waals surface area contributed by atoms with E-state index in [1.807, 2.05) is 52.0 Å². The fourth-order valence-electron chi connectivity index (χ4n) is 6.12. The van der Waals surface area contributed by atoms with Crippen LogP contribution in [0.1, 0.15) is 96.3 Å². The van der Waals surface area contributed by atoms with E-state index in [4.69, 9.17) is 11.6 Å². The molecule has 0 radical (unpaired) electrons. The molecule has 252 valence electrons. The third kappa shape index (κ3) is 12.0. The molecule has 1 aliphatic carbocycles. The van der Waals surface area contributed by atoms with Gasteiger partial charge in [0.2, 0.25) is 11.8 Å². The summed E-state index contributed by atoms with van der Waals surface area (Å²) >= 11 is 6.06. The molecule has 5 atom stereocenters. The average molecular weight is 649 g/mol. The topological polar surface area (TPSA) is 82.3 Å². The van der Waals surface area contributed by atoms with Crippen molar-refractivity contribution in [2.45, 2.75) is 111 Å². The molecule has 6 nitrogen and oxygen atoms in total. The van der Waals surface area contributed by atoms with Crippen molar-refractivity contribution in [3.05, 3.63) is 88.3 Å². The minimum Gasteiger partial charge on any atom is -0.370 e. The molecule has 1 fully saturated rings. The Labute approximate surface area is 283 Å². The van der Waals surface area contributed by atoms with Crippen LogP contribution < -0.4 is 21.3 Å². The lowest BCUT2D eigenvalue weighted by molar-refractivity contribution is -0.130. The first kappa shape index (κ1) is 37.4. The van der Waals surface area contributed by atoms with Crippen molar-refractivity contribution in [1.82, 2.24) is 21.3 Å². The van der Waals surface area contributed by atoms with Gasteiger partial charge in [-0.3, -0.25) is 9.59 Å². The van der Waals surface area contributed by atoms with Gasteiger partial charge in [0.05, 0.1) is 5.70 Å². The van der Waals surface area contributed by atoms with Crippen LogP contribution in [0.3, 0.4) is 0 Å². The summed E-state index contributed by atoms with van der Waals surface area (Å²) < 4.78 is 0. The second-order valence-corrected chi connectivity index (χ2v) is 14.1. The van der Waals surface area contributed by atoms with Crippen LogP contribution in [-0.2, 0) is 22.4 Å². The number of rotatable bonds is 20. The summed E-state index contributed by atoms with van der Waals surface area (Å²) in [5.74, 6) is 1.16. The second kappa shape index (κ2) is 18.9. The molecule has 0 heterocycles. The van der Waals surface area contributed by atoms with Gasteiger partial charge in [-0.25, -0.2) is 0 Å². The van der Waals surface area contributed by atoms with Crippen molar-refractivity contribution >= 4 is 23.4 Å². The fourth-order valence-corrected chi connectivity index (χ4v) is 6.25. The van der Waals surface area contributed by atoms with E-state index in [0.717, 1.165) is 36.4 Å². The van der Waals surface area contributed by atoms with E-state index < -0.39 is 12.1 Å². The molecule has 4 N–H and O–H groups in total.